The van der Waals surface area contributed by atoms with Crippen molar-refractivity contribution >= 4 is 27.5 Å². The second kappa shape index (κ2) is 4.56. The number of nitrogens with zero attached hydrogens (tertiary/aromatic N) is 1. The maximum Gasteiger partial charge on any atom is 0.335 e. The molecule has 2 aromatic carbocycles. The zero-order chi connectivity index (χ0) is 14.4. The second-order valence-electron chi connectivity index (χ2n) is 4.94. The van der Waals surface area contributed by atoms with Crippen LogP contribution in [0.15, 0.2) is 42.5 Å². The van der Waals surface area contributed by atoms with Gasteiger partial charge in [0.25, 0.3) is 0 Å². The number of carboxylic acids is 1. The molecule has 21 heavy (non-hydrogen) atoms. The molecular weight excluding hydrogens is 286 g/mol. The Balaban J connectivity index is 1.80. The van der Waals surface area contributed by atoms with E-state index in [0.29, 0.717) is 12.2 Å². The van der Waals surface area contributed by atoms with Crippen LogP contribution in [0.1, 0.15) is 26.8 Å². The van der Waals surface area contributed by atoms with Gasteiger partial charge in [0.15, 0.2) is 0 Å². The van der Waals surface area contributed by atoms with Crippen molar-refractivity contribution in [3.63, 3.8) is 0 Å². The summed E-state index contributed by atoms with van der Waals surface area (Å²) in [5, 5.41) is 10.0. The molecule has 4 rings (SSSR count). The molecule has 4 nitrogen and oxygen atoms in total. The normalized spacial score (nSPS) is 16.7. The van der Waals surface area contributed by atoms with Crippen molar-refractivity contribution in [3.8, 4) is 5.75 Å². The first kappa shape index (κ1) is 12.3. The summed E-state index contributed by atoms with van der Waals surface area (Å²) in [7, 11) is 0. The summed E-state index contributed by atoms with van der Waals surface area (Å²) in [6.07, 6.45) is 0. The zero-order valence-electron chi connectivity index (χ0n) is 10.9. The van der Waals surface area contributed by atoms with E-state index >= 15 is 0 Å². The molecular formula is C16H11NO3S. The quantitative estimate of drug-likeness (QED) is 0.786. The first-order chi connectivity index (χ1) is 10.2. The third-order valence-electron chi connectivity index (χ3n) is 3.65. The van der Waals surface area contributed by atoms with Gasteiger partial charge in [0.05, 0.1) is 21.7 Å². The first-order valence-corrected chi connectivity index (χ1v) is 7.39. The van der Waals surface area contributed by atoms with Gasteiger partial charge in [-0.15, -0.1) is 11.3 Å². The fourth-order valence-corrected chi connectivity index (χ4v) is 3.70. The van der Waals surface area contributed by atoms with Crippen molar-refractivity contribution in [2.24, 2.45) is 0 Å². The highest BCUT2D eigenvalue weighted by atomic mass is 32.1. The number of aromatic nitrogens is 1. The molecule has 1 aliphatic heterocycles. The van der Waals surface area contributed by atoms with Gasteiger partial charge in [-0.3, -0.25) is 0 Å². The number of hydrogen-bond acceptors (Lipinski definition) is 4. The van der Waals surface area contributed by atoms with Gasteiger partial charge in [0.1, 0.15) is 17.4 Å². The van der Waals surface area contributed by atoms with Crippen LogP contribution in [0.4, 0.5) is 0 Å². The fourth-order valence-electron chi connectivity index (χ4n) is 2.59. The van der Waals surface area contributed by atoms with E-state index in [0.717, 1.165) is 26.5 Å². The Morgan fingerprint density at radius 3 is 3.00 bits per heavy atom. The van der Waals surface area contributed by atoms with Crippen LogP contribution in [-0.4, -0.2) is 22.7 Å². The molecule has 1 aromatic heterocycles. The van der Waals surface area contributed by atoms with Crippen LogP contribution >= 0.6 is 11.3 Å². The van der Waals surface area contributed by atoms with Gasteiger partial charge >= 0.3 is 5.97 Å². The van der Waals surface area contributed by atoms with Gasteiger partial charge in [0.2, 0.25) is 0 Å². The maximum atomic E-state index is 11.0. The zero-order valence-corrected chi connectivity index (χ0v) is 11.8. The largest absolute Gasteiger partial charge is 0.492 e. The van der Waals surface area contributed by atoms with Gasteiger partial charge in [-0.05, 0) is 24.3 Å². The van der Waals surface area contributed by atoms with Crippen molar-refractivity contribution < 1.29 is 14.6 Å². The summed E-state index contributed by atoms with van der Waals surface area (Å²) in [6, 6.07) is 13.0. The molecule has 5 heteroatoms. The van der Waals surface area contributed by atoms with Crippen LogP contribution < -0.4 is 4.74 Å². The van der Waals surface area contributed by atoms with Gasteiger partial charge in [-0.25, -0.2) is 9.78 Å². The predicted octanol–water partition coefficient (Wildman–Crippen LogP) is 3.52. The van der Waals surface area contributed by atoms with E-state index in [4.69, 9.17) is 9.84 Å². The van der Waals surface area contributed by atoms with E-state index in [1.165, 1.54) is 11.3 Å². The van der Waals surface area contributed by atoms with E-state index in [-0.39, 0.29) is 5.92 Å². The Morgan fingerprint density at radius 2 is 2.14 bits per heavy atom. The standard InChI is InChI=1S/C16H11NO3S/c18-16(19)9-5-6-12-14(7-9)21-15(17-12)11-8-20-13-4-2-1-3-10(11)13/h1-7,11H,8H2,(H,18,19). The molecule has 1 aliphatic rings. The van der Waals surface area contributed by atoms with E-state index in [1.807, 2.05) is 18.2 Å². The number of aromatic carboxylic acids is 1. The van der Waals surface area contributed by atoms with E-state index in [9.17, 15) is 4.79 Å². The summed E-state index contributed by atoms with van der Waals surface area (Å²) < 4.78 is 6.59. The average Bonchev–Trinajstić information content (AvgIpc) is 3.09. The first-order valence-electron chi connectivity index (χ1n) is 6.58. The number of thiazole rings is 1. The lowest BCUT2D eigenvalue weighted by Crippen LogP contribution is -2.01. The molecule has 0 radical (unpaired) electrons. The van der Waals surface area contributed by atoms with Gasteiger partial charge < -0.3 is 9.84 Å². The summed E-state index contributed by atoms with van der Waals surface area (Å²) >= 11 is 1.54. The van der Waals surface area contributed by atoms with Crippen molar-refractivity contribution in [3.05, 3.63) is 58.6 Å². The second-order valence-corrected chi connectivity index (χ2v) is 6.00. The third-order valence-corrected chi connectivity index (χ3v) is 4.78. The summed E-state index contributed by atoms with van der Waals surface area (Å²) in [4.78, 5) is 15.7. The fraction of sp³-hybridized carbons (Fsp3) is 0.125. The number of ether oxygens (including phenoxy) is 1. The smallest absolute Gasteiger partial charge is 0.335 e. The number of carbonyl (C=O) groups is 1. The minimum atomic E-state index is -0.915. The van der Waals surface area contributed by atoms with Crippen LogP contribution in [0.2, 0.25) is 0 Å². The molecule has 1 N–H and O–H groups in total. The van der Waals surface area contributed by atoms with Crippen molar-refractivity contribution in [1.29, 1.82) is 0 Å². The lowest BCUT2D eigenvalue weighted by Gasteiger charge is -2.03. The molecule has 0 bridgehead atoms. The summed E-state index contributed by atoms with van der Waals surface area (Å²) in [5.41, 5.74) is 2.28. The Hall–Kier alpha value is -2.40. The molecule has 0 saturated carbocycles. The highest BCUT2D eigenvalue weighted by Gasteiger charge is 2.28. The van der Waals surface area contributed by atoms with Gasteiger partial charge in [-0.1, -0.05) is 18.2 Å². The third kappa shape index (κ3) is 1.97. The lowest BCUT2D eigenvalue weighted by molar-refractivity contribution is 0.0697. The highest BCUT2D eigenvalue weighted by Crippen LogP contribution is 2.40. The number of rotatable bonds is 2. The molecule has 0 saturated heterocycles. The minimum Gasteiger partial charge on any atom is -0.492 e. The Kier molecular flexibility index (Phi) is 2.68. The summed E-state index contributed by atoms with van der Waals surface area (Å²) in [6.45, 7) is 0.588. The summed E-state index contributed by atoms with van der Waals surface area (Å²) in [5.74, 6) is 0.126. The van der Waals surface area contributed by atoms with Crippen LogP contribution in [0, 0.1) is 0 Å². The van der Waals surface area contributed by atoms with Crippen molar-refractivity contribution in [2.45, 2.75) is 5.92 Å². The molecule has 1 atom stereocenters. The maximum absolute atomic E-state index is 11.0. The van der Waals surface area contributed by atoms with Crippen molar-refractivity contribution in [2.75, 3.05) is 6.61 Å². The van der Waals surface area contributed by atoms with E-state index in [1.54, 1.807) is 18.2 Å². The van der Waals surface area contributed by atoms with Crippen LogP contribution in [0.3, 0.4) is 0 Å². The SMILES string of the molecule is O=C(O)c1ccc2nc(C3COc4ccccc43)sc2c1. The van der Waals surface area contributed by atoms with E-state index in [2.05, 4.69) is 11.1 Å². The van der Waals surface area contributed by atoms with Crippen LogP contribution in [-0.2, 0) is 0 Å². The van der Waals surface area contributed by atoms with Gasteiger partial charge in [0, 0.05) is 5.56 Å². The predicted molar refractivity (Wildman–Crippen MR) is 80.4 cm³/mol. The lowest BCUT2D eigenvalue weighted by atomic mass is 10.0. The Morgan fingerprint density at radius 1 is 1.29 bits per heavy atom. The highest BCUT2D eigenvalue weighted by molar-refractivity contribution is 7.18. The molecule has 2 heterocycles. The molecule has 104 valence electrons. The van der Waals surface area contributed by atoms with Crippen LogP contribution in [0.25, 0.3) is 10.2 Å². The number of hydrogen-bond donors (Lipinski definition) is 1. The molecule has 0 fully saturated rings. The van der Waals surface area contributed by atoms with Crippen LogP contribution in [0.5, 0.6) is 5.75 Å². The topological polar surface area (TPSA) is 59.4 Å². The van der Waals surface area contributed by atoms with Crippen molar-refractivity contribution in [1.82, 2.24) is 4.98 Å². The minimum absolute atomic E-state index is 0.131. The molecule has 1 unspecified atom stereocenters. The van der Waals surface area contributed by atoms with Gasteiger partial charge in [-0.2, -0.15) is 0 Å². The number of para-hydroxylation sites is 1. The molecule has 0 amide bonds. The number of carboxylic acid groups (broad SMARTS) is 1. The molecule has 0 aliphatic carbocycles. The van der Waals surface area contributed by atoms with E-state index < -0.39 is 5.97 Å². The monoisotopic (exact) mass is 297 g/mol. The Labute approximate surface area is 124 Å². The molecule has 0 spiro atoms. The number of benzene rings is 2. The average molecular weight is 297 g/mol. The Bertz CT molecular complexity index is 856. The molecule has 3 aromatic rings. The number of fused-ring (bicyclic) bond motifs is 2.